The molecule has 2 rings (SSSR count). The number of nitrogens with one attached hydrogen (secondary N) is 1. The molecule has 0 unspecified atom stereocenters. The maximum absolute atomic E-state index is 12.8. The number of ether oxygens (including phenoxy) is 1. The molecule has 0 radical (unpaired) electrons. The lowest BCUT2D eigenvalue weighted by atomic mass is 9.96. The van der Waals surface area contributed by atoms with Crippen LogP contribution in [0.25, 0.3) is 0 Å². The van der Waals surface area contributed by atoms with Crippen LogP contribution in [0.15, 0.2) is 18.2 Å². The molecule has 0 saturated carbocycles. The molecule has 138 valence electrons. The second-order valence-electron chi connectivity index (χ2n) is 5.64. The van der Waals surface area contributed by atoms with Gasteiger partial charge in [-0.15, -0.1) is 0 Å². The Labute approximate surface area is 148 Å². The molecule has 1 fully saturated rings. The van der Waals surface area contributed by atoms with E-state index in [1.165, 1.54) is 4.90 Å². The Balaban J connectivity index is 1.98. The Morgan fingerprint density at radius 2 is 1.96 bits per heavy atom. The molecule has 1 aliphatic heterocycles. The minimum absolute atomic E-state index is 0.0327. The SMILES string of the molecule is CCOC(=O)N1CCC(C(=O)Nc2cc(C(F)(F)F)ccc2Cl)CC1. The zero-order valence-electron chi connectivity index (χ0n) is 13.5. The molecule has 5 nitrogen and oxygen atoms in total. The van der Waals surface area contributed by atoms with E-state index >= 15 is 0 Å². The van der Waals surface area contributed by atoms with Gasteiger partial charge in [0.05, 0.1) is 22.9 Å². The van der Waals surface area contributed by atoms with Crippen molar-refractivity contribution in [2.24, 2.45) is 5.92 Å². The monoisotopic (exact) mass is 378 g/mol. The highest BCUT2D eigenvalue weighted by Gasteiger charge is 2.32. The fraction of sp³-hybridized carbons (Fsp3) is 0.500. The van der Waals surface area contributed by atoms with Crippen molar-refractivity contribution in [2.75, 3.05) is 25.0 Å². The van der Waals surface area contributed by atoms with Crippen molar-refractivity contribution in [3.8, 4) is 0 Å². The summed E-state index contributed by atoms with van der Waals surface area (Å²) in [7, 11) is 0. The molecule has 1 heterocycles. The fourth-order valence-electron chi connectivity index (χ4n) is 2.57. The van der Waals surface area contributed by atoms with E-state index in [1.807, 2.05) is 0 Å². The van der Waals surface area contributed by atoms with Crippen molar-refractivity contribution in [1.29, 1.82) is 0 Å². The molecule has 0 aromatic heterocycles. The maximum Gasteiger partial charge on any atom is 0.416 e. The van der Waals surface area contributed by atoms with Gasteiger partial charge in [-0.3, -0.25) is 4.79 Å². The molecule has 9 heteroatoms. The number of carbonyl (C=O) groups is 2. The Morgan fingerprint density at radius 1 is 1.32 bits per heavy atom. The number of benzene rings is 1. The first kappa shape index (κ1) is 19.4. The highest BCUT2D eigenvalue weighted by atomic mass is 35.5. The van der Waals surface area contributed by atoms with Crippen molar-refractivity contribution < 1.29 is 27.5 Å². The van der Waals surface area contributed by atoms with Crippen LogP contribution in [0.5, 0.6) is 0 Å². The van der Waals surface area contributed by atoms with Gasteiger partial charge in [-0.2, -0.15) is 13.2 Å². The molecule has 1 aromatic carbocycles. The number of likely N-dealkylation sites (tertiary alicyclic amines) is 1. The third-order valence-corrected chi connectivity index (χ3v) is 4.27. The van der Waals surface area contributed by atoms with Gasteiger partial charge in [0, 0.05) is 19.0 Å². The number of amides is 2. The molecular weight excluding hydrogens is 361 g/mol. The average molecular weight is 379 g/mol. The summed E-state index contributed by atoms with van der Waals surface area (Å²) in [6, 6.07) is 2.77. The van der Waals surface area contributed by atoms with Crippen LogP contribution >= 0.6 is 11.6 Å². The minimum Gasteiger partial charge on any atom is -0.450 e. The second kappa shape index (κ2) is 7.95. The second-order valence-corrected chi connectivity index (χ2v) is 6.05. The molecule has 1 N–H and O–H groups in total. The normalized spacial score (nSPS) is 15.8. The summed E-state index contributed by atoms with van der Waals surface area (Å²) in [6.07, 6.45) is -4.14. The number of rotatable bonds is 3. The number of hydrogen-bond acceptors (Lipinski definition) is 3. The molecule has 1 aromatic rings. The van der Waals surface area contributed by atoms with Gasteiger partial charge < -0.3 is 15.0 Å². The van der Waals surface area contributed by atoms with Crippen LogP contribution in [0.4, 0.5) is 23.7 Å². The summed E-state index contributed by atoms with van der Waals surface area (Å²) in [6.45, 7) is 2.69. The van der Waals surface area contributed by atoms with Crippen molar-refractivity contribution in [3.05, 3.63) is 28.8 Å². The first-order valence-electron chi connectivity index (χ1n) is 7.81. The number of anilines is 1. The predicted molar refractivity (Wildman–Crippen MR) is 86.4 cm³/mol. The Hall–Kier alpha value is -1.96. The quantitative estimate of drug-likeness (QED) is 0.859. The zero-order chi connectivity index (χ0) is 18.6. The van der Waals surface area contributed by atoms with Crippen LogP contribution in [-0.2, 0) is 15.7 Å². The smallest absolute Gasteiger partial charge is 0.416 e. The van der Waals surface area contributed by atoms with E-state index in [2.05, 4.69) is 5.32 Å². The highest BCUT2D eigenvalue weighted by molar-refractivity contribution is 6.33. The van der Waals surface area contributed by atoms with Crippen LogP contribution in [0, 0.1) is 5.92 Å². The summed E-state index contributed by atoms with van der Waals surface area (Å²) < 4.78 is 43.2. The molecule has 0 spiro atoms. The van der Waals surface area contributed by atoms with Crippen LogP contribution < -0.4 is 5.32 Å². The lowest BCUT2D eigenvalue weighted by Gasteiger charge is -2.30. The summed E-state index contributed by atoms with van der Waals surface area (Å²) >= 11 is 5.88. The van der Waals surface area contributed by atoms with E-state index in [1.54, 1.807) is 6.92 Å². The van der Waals surface area contributed by atoms with E-state index in [-0.39, 0.29) is 17.3 Å². The van der Waals surface area contributed by atoms with Gasteiger partial charge >= 0.3 is 12.3 Å². The number of carbonyl (C=O) groups excluding carboxylic acids is 2. The Bertz CT molecular complexity index is 644. The standard InChI is InChI=1S/C16H18ClF3N2O3/c1-2-25-15(24)22-7-5-10(6-8-22)14(23)21-13-9-11(16(18,19)20)3-4-12(13)17/h3-4,9-10H,2,5-8H2,1H3,(H,21,23). The van der Waals surface area contributed by atoms with Crippen LogP contribution in [0.2, 0.25) is 5.02 Å². The van der Waals surface area contributed by atoms with Crippen LogP contribution in [-0.4, -0.2) is 36.6 Å². The number of halogens is 4. The Kier molecular flexibility index (Phi) is 6.16. The summed E-state index contributed by atoms with van der Waals surface area (Å²) in [4.78, 5) is 25.4. The summed E-state index contributed by atoms with van der Waals surface area (Å²) in [5, 5.41) is 2.49. The van der Waals surface area contributed by atoms with Gasteiger partial charge in [-0.05, 0) is 38.0 Å². The molecule has 1 saturated heterocycles. The highest BCUT2D eigenvalue weighted by Crippen LogP contribution is 2.34. The number of hydrogen-bond donors (Lipinski definition) is 1. The first-order valence-corrected chi connectivity index (χ1v) is 8.19. The number of nitrogens with zero attached hydrogens (tertiary/aromatic N) is 1. The van der Waals surface area contributed by atoms with Crippen LogP contribution in [0.1, 0.15) is 25.3 Å². The first-order chi connectivity index (χ1) is 11.7. The third kappa shape index (κ3) is 5.01. The summed E-state index contributed by atoms with van der Waals surface area (Å²) in [5.41, 5.74) is -0.960. The number of alkyl halides is 3. The van der Waals surface area contributed by atoms with E-state index in [0.29, 0.717) is 25.9 Å². The maximum atomic E-state index is 12.8. The lowest BCUT2D eigenvalue weighted by molar-refractivity contribution is -0.137. The number of piperidine rings is 1. The van der Waals surface area contributed by atoms with Gasteiger partial charge in [-0.1, -0.05) is 11.6 Å². The van der Waals surface area contributed by atoms with E-state index in [9.17, 15) is 22.8 Å². The van der Waals surface area contributed by atoms with Crippen molar-refractivity contribution >= 4 is 29.3 Å². The molecule has 0 bridgehead atoms. The van der Waals surface area contributed by atoms with Gasteiger partial charge in [0.25, 0.3) is 0 Å². The molecule has 2 amide bonds. The fourth-order valence-corrected chi connectivity index (χ4v) is 2.74. The average Bonchev–Trinajstić information content (AvgIpc) is 2.56. The predicted octanol–water partition coefficient (Wildman–Crippen LogP) is 4.17. The Morgan fingerprint density at radius 3 is 2.52 bits per heavy atom. The van der Waals surface area contributed by atoms with E-state index in [0.717, 1.165) is 18.2 Å². The molecule has 1 aliphatic rings. The van der Waals surface area contributed by atoms with E-state index in [4.69, 9.17) is 16.3 Å². The molecular formula is C16H18ClF3N2O3. The van der Waals surface area contributed by atoms with Crippen molar-refractivity contribution in [3.63, 3.8) is 0 Å². The van der Waals surface area contributed by atoms with Gasteiger partial charge in [-0.25, -0.2) is 4.79 Å². The topological polar surface area (TPSA) is 58.6 Å². The molecule has 0 aliphatic carbocycles. The van der Waals surface area contributed by atoms with Gasteiger partial charge in [0.1, 0.15) is 0 Å². The van der Waals surface area contributed by atoms with E-state index < -0.39 is 29.7 Å². The van der Waals surface area contributed by atoms with Gasteiger partial charge in [0.2, 0.25) is 5.91 Å². The summed E-state index contributed by atoms with van der Waals surface area (Å²) in [5.74, 6) is -0.819. The molecule has 25 heavy (non-hydrogen) atoms. The third-order valence-electron chi connectivity index (χ3n) is 3.94. The lowest BCUT2D eigenvalue weighted by Crippen LogP contribution is -2.41. The van der Waals surface area contributed by atoms with Crippen molar-refractivity contribution in [2.45, 2.75) is 25.9 Å². The zero-order valence-corrected chi connectivity index (χ0v) is 14.3. The molecule has 0 atom stereocenters. The minimum atomic E-state index is -4.52. The van der Waals surface area contributed by atoms with Crippen LogP contribution in [0.3, 0.4) is 0 Å². The largest absolute Gasteiger partial charge is 0.450 e. The van der Waals surface area contributed by atoms with Gasteiger partial charge in [0.15, 0.2) is 0 Å². The van der Waals surface area contributed by atoms with Crippen molar-refractivity contribution in [1.82, 2.24) is 4.90 Å².